The number of hydrogen-bond acceptors (Lipinski definition) is 8. The summed E-state index contributed by atoms with van der Waals surface area (Å²) in [4.78, 5) is 41.6. The van der Waals surface area contributed by atoms with Gasteiger partial charge in [-0.2, -0.15) is 5.10 Å². The second-order valence-corrected chi connectivity index (χ2v) is 11.6. The third-order valence-electron chi connectivity index (χ3n) is 8.43. The molecule has 1 fully saturated rings. The highest BCUT2D eigenvalue weighted by Crippen LogP contribution is 2.38. The lowest BCUT2D eigenvalue weighted by Gasteiger charge is -2.37. The van der Waals surface area contributed by atoms with Gasteiger partial charge in [0.05, 0.1) is 30.1 Å². The third kappa shape index (κ3) is 6.21. The van der Waals surface area contributed by atoms with Crippen LogP contribution in [0.5, 0.6) is 11.5 Å². The van der Waals surface area contributed by atoms with Gasteiger partial charge in [0.2, 0.25) is 5.91 Å². The van der Waals surface area contributed by atoms with Crippen LogP contribution in [-0.2, 0) is 9.53 Å². The minimum Gasteiger partial charge on any atom is -0.486 e. The molecule has 3 aromatic carbocycles. The number of nitrogens with zero attached hydrogens (tertiary/aromatic N) is 4. The first-order valence-electron chi connectivity index (χ1n) is 15.2. The zero-order chi connectivity index (χ0) is 31.5. The van der Waals surface area contributed by atoms with Gasteiger partial charge in [-0.25, -0.2) is 18.8 Å². The molecule has 1 N–H and O–H groups in total. The normalized spacial score (nSPS) is 15.9. The number of likely N-dealkylation sites (tertiary alicyclic amines) is 1. The molecule has 234 valence electrons. The van der Waals surface area contributed by atoms with Gasteiger partial charge in [-0.05, 0) is 69.0 Å². The first-order chi connectivity index (χ1) is 21.8. The van der Waals surface area contributed by atoms with Crippen molar-refractivity contribution in [2.45, 2.75) is 44.7 Å². The van der Waals surface area contributed by atoms with Crippen molar-refractivity contribution in [3.05, 3.63) is 100 Å². The van der Waals surface area contributed by atoms with Crippen LogP contribution in [0.15, 0.2) is 77.9 Å². The average Bonchev–Trinajstić information content (AvgIpc) is 3.46. The van der Waals surface area contributed by atoms with Gasteiger partial charge in [0.15, 0.2) is 11.5 Å². The molecule has 0 radical (unpaired) electrons. The number of benzene rings is 3. The molecule has 0 bridgehead atoms. The zero-order valence-corrected chi connectivity index (χ0v) is 25.6. The molecule has 11 nitrogen and oxygen atoms in total. The standard InChI is InChI=1S/C34H37N5O6/c1-22(2)39-34(42)38(21-35-39)26-11-9-23(10-12-26)24-13-15-37(16-14-24)31(25-7-5-4-6-8-25)32(40)36-28-20-30-29(44-17-18-45-30)19-27(28)33(41)43-3/h4-12,19-22,24,31H,13-18H2,1-3H3,(H,36,40). The molecule has 0 spiro atoms. The number of rotatable bonds is 8. The topological polar surface area (TPSA) is 117 Å². The number of fused-ring (bicyclic) bond motifs is 1. The van der Waals surface area contributed by atoms with Crippen molar-refractivity contribution >= 4 is 17.6 Å². The molecule has 2 aliphatic rings. The Morgan fingerprint density at radius 1 is 0.956 bits per heavy atom. The maximum Gasteiger partial charge on any atom is 0.350 e. The van der Waals surface area contributed by atoms with E-state index in [0.717, 1.165) is 24.1 Å². The minimum atomic E-state index is -0.580. The van der Waals surface area contributed by atoms with E-state index in [1.165, 1.54) is 17.4 Å². The van der Waals surface area contributed by atoms with E-state index in [-0.39, 0.29) is 23.2 Å². The van der Waals surface area contributed by atoms with Crippen molar-refractivity contribution < 1.29 is 23.8 Å². The predicted octanol–water partition coefficient (Wildman–Crippen LogP) is 4.73. The van der Waals surface area contributed by atoms with Crippen molar-refractivity contribution in [1.29, 1.82) is 0 Å². The van der Waals surface area contributed by atoms with Crippen LogP contribution in [-0.4, -0.2) is 64.5 Å². The van der Waals surface area contributed by atoms with E-state index >= 15 is 0 Å². The predicted molar refractivity (Wildman–Crippen MR) is 168 cm³/mol. The number of nitrogens with one attached hydrogen (secondary N) is 1. The number of esters is 1. The molecule has 1 amide bonds. The maximum atomic E-state index is 14.0. The lowest BCUT2D eigenvalue weighted by molar-refractivity contribution is -0.122. The fourth-order valence-corrected chi connectivity index (χ4v) is 6.08. The SMILES string of the molecule is COC(=O)c1cc2c(cc1NC(=O)C(c1ccccc1)N1CCC(c3ccc(-n4cnn(C(C)C)c4=O)cc3)CC1)OCCO2. The summed E-state index contributed by atoms with van der Waals surface area (Å²) in [6.07, 6.45) is 3.28. The van der Waals surface area contributed by atoms with Crippen LogP contribution < -0.4 is 20.5 Å². The van der Waals surface area contributed by atoms with E-state index in [1.54, 1.807) is 23.0 Å². The second-order valence-electron chi connectivity index (χ2n) is 11.6. The van der Waals surface area contributed by atoms with Crippen molar-refractivity contribution in [3.63, 3.8) is 0 Å². The number of anilines is 1. The fraction of sp³-hybridized carbons (Fsp3) is 0.353. The van der Waals surface area contributed by atoms with E-state index in [2.05, 4.69) is 27.4 Å². The molecule has 2 aliphatic heterocycles. The zero-order valence-electron chi connectivity index (χ0n) is 25.6. The van der Waals surface area contributed by atoms with Crippen molar-refractivity contribution in [2.24, 2.45) is 0 Å². The maximum absolute atomic E-state index is 14.0. The lowest BCUT2D eigenvalue weighted by Crippen LogP contribution is -2.42. The lowest BCUT2D eigenvalue weighted by atomic mass is 9.88. The molecule has 1 aromatic heterocycles. The Labute approximate surface area is 261 Å². The van der Waals surface area contributed by atoms with Gasteiger partial charge in [-0.3, -0.25) is 9.69 Å². The Bertz CT molecular complexity index is 1720. The van der Waals surface area contributed by atoms with Crippen LogP contribution in [0.3, 0.4) is 0 Å². The first kappa shape index (κ1) is 30.1. The van der Waals surface area contributed by atoms with Crippen LogP contribution in [0.25, 0.3) is 5.69 Å². The number of amides is 1. The van der Waals surface area contributed by atoms with Gasteiger partial charge in [0, 0.05) is 12.1 Å². The number of carbonyl (C=O) groups is 2. The van der Waals surface area contributed by atoms with Crippen LogP contribution in [0.4, 0.5) is 5.69 Å². The van der Waals surface area contributed by atoms with Crippen LogP contribution in [0.2, 0.25) is 0 Å². The summed E-state index contributed by atoms with van der Waals surface area (Å²) in [5.74, 6) is 0.383. The highest BCUT2D eigenvalue weighted by Gasteiger charge is 2.33. The number of aromatic nitrogens is 3. The molecule has 1 unspecified atom stereocenters. The van der Waals surface area contributed by atoms with Crippen molar-refractivity contribution in [3.8, 4) is 17.2 Å². The van der Waals surface area contributed by atoms with Gasteiger partial charge in [-0.15, -0.1) is 0 Å². The molecule has 4 aromatic rings. The van der Waals surface area contributed by atoms with Crippen molar-refractivity contribution in [2.75, 3.05) is 38.7 Å². The molecule has 0 aliphatic carbocycles. The Morgan fingerprint density at radius 3 is 2.24 bits per heavy atom. The van der Waals surface area contributed by atoms with Gasteiger partial charge in [0.25, 0.3) is 0 Å². The monoisotopic (exact) mass is 611 g/mol. The highest BCUT2D eigenvalue weighted by atomic mass is 16.6. The molecule has 1 atom stereocenters. The van der Waals surface area contributed by atoms with Crippen LogP contribution in [0.1, 0.15) is 66.2 Å². The first-order valence-corrected chi connectivity index (χ1v) is 15.2. The number of methoxy groups -OCH3 is 1. The molecule has 6 rings (SSSR count). The molecule has 45 heavy (non-hydrogen) atoms. The smallest absolute Gasteiger partial charge is 0.350 e. The summed E-state index contributed by atoms with van der Waals surface area (Å²) in [5, 5.41) is 7.22. The molecule has 1 saturated heterocycles. The van der Waals surface area contributed by atoms with Crippen molar-refractivity contribution in [1.82, 2.24) is 19.2 Å². The Balaban J connectivity index is 1.19. The van der Waals surface area contributed by atoms with E-state index in [0.29, 0.717) is 49.4 Å². The molecule has 11 heteroatoms. The van der Waals surface area contributed by atoms with Gasteiger partial charge >= 0.3 is 11.7 Å². The summed E-state index contributed by atoms with van der Waals surface area (Å²) in [6, 6.07) is 20.3. The third-order valence-corrected chi connectivity index (χ3v) is 8.43. The number of piperidine rings is 1. The summed E-state index contributed by atoms with van der Waals surface area (Å²) in [6.45, 7) is 6.01. The van der Waals surface area contributed by atoms with E-state index in [4.69, 9.17) is 14.2 Å². The van der Waals surface area contributed by atoms with Crippen LogP contribution in [0, 0.1) is 0 Å². The summed E-state index contributed by atoms with van der Waals surface area (Å²) < 4.78 is 19.4. The quantitative estimate of drug-likeness (QED) is 0.284. The minimum absolute atomic E-state index is 0.0125. The van der Waals surface area contributed by atoms with Gasteiger partial charge < -0.3 is 19.5 Å². The summed E-state index contributed by atoms with van der Waals surface area (Å²) in [5.41, 5.74) is 3.18. The Morgan fingerprint density at radius 2 is 1.62 bits per heavy atom. The molecular formula is C34H37N5O6. The molecular weight excluding hydrogens is 574 g/mol. The van der Waals surface area contributed by atoms with Crippen LogP contribution >= 0.6 is 0 Å². The Kier molecular flexibility index (Phi) is 8.70. The average molecular weight is 612 g/mol. The Hall–Kier alpha value is -4.90. The summed E-state index contributed by atoms with van der Waals surface area (Å²) >= 11 is 0. The van der Waals surface area contributed by atoms with Gasteiger partial charge in [0.1, 0.15) is 25.6 Å². The fourth-order valence-electron chi connectivity index (χ4n) is 6.08. The number of carbonyl (C=O) groups excluding carboxylic acids is 2. The number of ether oxygens (including phenoxy) is 3. The summed E-state index contributed by atoms with van der Waals surface area (Å²) in [7, 11) is 1.30. The van der Waals surface area contributed by atoms with Gasteiger partial charge in [-0.1, -0.05) is 42.5 Å². The molecule has 3 heterocycles. The van der Waals surface area contributed by atoms with E-state index < -0.39 is 12.0 Å². The molecule has 0 saturated carbocycles. The van der Waals surface area contributed by atoms with E-state index in [1.807, 2.05) is 56.3 Å². The second kappa shape index (κ2) is 13.0. The number of hydrogen-bond donors (Lipinski definition) is 1. The van der Waals surface area contributed by atoms with E-state index in [9.17, 15) is 14.4 Å². The highest BCUT2D eigenvalue weighted by molar-refractivity contribution is 6.03. The largest absolute Gasteiger partial charge is 0.486 e.